The molecule has 0 aliphatic carbocycles. The quantitative estimate of drug-likeness (QED) is 0.246. The predicted molar refractivity (Wildman–Crippen MR) is 129 cm³/mol. The summed E-state index contributed by atoms with van der Waals surface area (Å²) in [5.74, 6) is 0. The first-order valence-electron chi connectivity index (χ1n) is 11.3. The molecule has 0 unspecified atom stereocenters. The first kappa shape index (κ1) is 30.3. The zero-order valence-electron chi connectivity index (χ0n) is 21.3. The Kier molecular flexibility index (Phi) is 12.4. The molecule has 196 valence electrons. The van der Waals surface area contributed by atoms with Crippen molar-refractivity contribution in [3.63, 3.8) is 0 Å². The number of rotatable bonds is 13. The Balaban J connectivity index is 0.000000437. The molecule has 0 spiro atoms. The van der Waals surface area contributed by atoms with Crippen LogP contribution in [0.25, 0.3) is 0 Å². The molecular weight excluding hydrogens is 462 g/mol. The lowest BCUT2D eigenvalue weighted by Gasteiger charge is -2.31. The number of urea groups is 1. The molecule has 1 aliphatic heterocycles. The molecule has 0 radical (unpaired) electrons. The van der Waals surface area contributed by atoms with Crippen LogP contribution in [-0.2, 0) is 24.3 Å². The van der Waals surface area contributed by atoms with E-state index in [0.717, 1.165) is 36.2 Å². The molecule has 1 aromatic rings. The number of carbonyl (C=O) groups is 1. The van der Waals surface area contributed by atoms with Crippen LogP contribution >= 0.6 is 0 Å². The molecule has 1 heterocycles. The van der Waals surface area contributed by atoms with Crippen molar-refractivity contribution in [2.24, 2.45) is 0 Å². The van der Waals surface area contributed by atoms with Gasteiger partial charge in [0.05, 0.1) is 70.7 Å². The highest BCUT2D eigenvalue weighted by atomic mass is 32.2. The first-order valence-corrected chi connectivity index (χ1v) is 12.7. The molecule has 1 aromatic carbocycles. The lowest BCUT2D eigenvalue weighted by atomic mass is 10.1. The maximum atomic E-state index is 11.9. The molecule has 0 bridgehead atoms. The number of hydrogen-bond donors (Lipinski definition) is 1. The minimum absolute atomic E-state index is 0.0412. The summed E-state index contributed by atoms with van der Waals surface area (Å²) in [6.45, 7) is 12.4. The molecular formula is C23H41N3O7S. The minimum Gasteiger partial charge on any atom is -0.744 e. The van der Waals surface area contributed by atoms with E-state index in [1.54, 1.807) is 19.2 Å². The lowest BCUT2D eigenvalue weighted by molar-refractivity contribution is -0.890. The Morgan fingerprint density at radius 3 is 2.09 bits per heavy atom. The normalized spacial score (nSPS) is 15.6. The largest absolute Gasteiger partial charge is 0.744 e. The number of nitrogens with one attached hydrogen (secondary N) is 1. The van der Waals surface area contributed by atoms with E-state index in [1.807, 2.05) is 25.7 Å². The van der Waals surface area contributed by atoms with E-state index in [0.29, 0.717) is 33.0 Å². The summed E-state index contributed by atoms with van der Waals surface area (Å²) < 4.78 is 47.8. The number of methoxy groups -OCH3 is 1. The SMILES string of the molecule is COCCOCCOCC[N+](C)(C)CCN1CC(C)(C)NC1=O.Cc1ccc(S(=O)(=O)[O-])cc1. The number of carbonyl (C=O) groups excluding carboxylic acids is 1. The van der Waals surface area contributed by atoms with Gasteiger partial charge in [0, 0.05) is 13.7 Å². The fraction of sp³-hybridized carbons (Fsp3) is 0.696. The van der Waals surface area contributed by atoms with Crippen molar-refractivity contribution in [1.29, 1.82) is 0 Å². The van der Waals surface area contributed by atoms with Gasteiger partial charge in [-0.25, -0.2) is 13.2 Å². The molecule has 2 amide bonds. The number of hydrogen-bond acceptors (Lipinski definition) is 7. The first-order chi connectivity index (χ1) is 15.8. The molecule has 1 N–H and O–H groups in total. The highest BCUT2D eigenvalue weighted by molar-refractivity contribution is 7.85. The second-order valence-corrected chi connectivity index (χ2v) is 11.0. The molecule has 34 heavy (non-hydrogen) atoms. The highest BCUT2D eigenvalue weighted by Crippen LogP contribution is 2.14. The van der Waals surface area contributed by atoms with Crippen molar-refractivity contribution < 1.29 is 36.5 Å². The van der Waals surface area contributed by atoms with Gasteiger partial charge in [-0.2, -0.15) is 0 Å². The van der Waals surface area contributed by atoms with E-state index >= 15 is 0 Å². The van der Waals surface area contributed by atoms with E-state index in [9.17, 15) is 17.8 Å². The number of ether oxygens (including phenoxy) is 3. The van der Waals surface area contributed by atoms with Crippen LogP contribution in [0.15, 0.2) is 29.2 Å². The molecule has 0 atom stereocenters. The average molecular weight is 504 g/mol. The second-order valence-electron chi connectivity index (χ2n) is 9.60. The summed E-state index contributed by atoms with van der Waals surface area (Å²) >= 11 is 0. The maximum absolute atomic E-state index is 11.9. The van der Waals surface area contributed by atoms with Crippen molar-refractivity contribution in [3.8, 4) is 0 Å². The van der Waals surface area contributed by atoms with E-state index < -0.39 is 10.1 Å². The van der Waals surface area contributed by atoms with Gasteiger partial charge in [0.25, 0.3) is 0 Å². The van der Waals surface area contributed by atoms with Crippen molar-refractivity contribution in [2.45, 2.75) is 31.2 Å². The Bertz CT molecular complexity index is 843. The fourth-order valence-electron chi connectivity index (χ4n) is 3.12. The van der Waals surface area contributed by atoms with Gasteiger partial charge in [0.15, 0.2) is 0 Å². The van der Waals surface area contributed by atoms with Gasteiger partial charge < -0.3 is 33.5 Å². The minimum atomic E-state index is -4.27. The van der Waals surface area contributed by atoms with Crippen molar-refractivity contribution in [2.75, 3.05) is 80.4 Å². The van der Waals surface area contributed by atoms with Crippen LogP contribution in [0.1, 0.15) is 19.4 Å². The van der Waals surface area contributed by atoms with Gasteiger partial charge in [-0.3, -0.25) is 0 Å². The van der Waals surface area contributed by atoms with Crippen molar-refractivity contribution in [3.05, 3.63) is 29.8 Å². The zero-order valence-corrected chi connectivity index (χ0v) is 22.2. The summed E-state index contributed by atoms with van der Waals surface area (Å²) in [7, 11) is 1.72. The Labute approximate surface area is 204 Å². The number of likely N-dealkylation sites (N-methyl/N-ethyl adjacent to an activating group) is 1. The van der Waals surface area contributed by atoms with Crippen LogP contribution in [0.2, 0.25) is 0 Å². The highest BCUT2D eigenvalue weighted by Gasteiger charge is 2.35. The summed E-state index contributed by atoms with van der Waals surface area (Å²) in [6.07, 6.45) is 0. The van der Waals surface area contributed by atoms with Gasteiger partial charge in [-0.1, -0.05) is 17.7 Å². The van der Waals surface area contributed by atoms with Gasteiger partial charge in [0.1, 0.15) is 16.7 Å². The molecule has 1 fully saturated rings. The molecule has 1 aliphatic rings. The van der Waals surface area contributed by atoms with Crippen LogP contribution in [0.4, 0.5) is 4.79 Å². The number of nitrogens with zero attached hydrogens (tertiary/aromatic N) is 2. The van der Waals surface area contributed by atoms with Gasteiger partial charge in [-0.15, -0.1) is 0 Å². The standard InChI is InChI=1S/C16H33N3O4.C7H8O3S/c1-16(2)14-18(15(20)17-16)6-7-19(3,4)8-9-22-12-13-23-11-10-21-5;1-6-2-4-7(5-3-6)11(8,9)10/h6-14H2,1-5H3;2-5H,1H3,(H,8,9,10). The Morgan fingerprint density at radius 1 is 1.03 bits per heavy atom. The van der Waals surface area contributed by atoms with Crippen LogP contribution in [0, 0.1) is 6.92 Å². The fourth-order valence-corrected chi connectivity index (χ4v) is 3.59. The number of benzene rings is 1. The zero-order chi connectivity index (χ0) is 25.8. The lowest BCUT2D eigenvalue weighted by Crippen LogP contribution is -2.48. The molecule has 2 rings (SSSR count). The van der Waals surface area contributed by atoms with Crippen LogP contribution in [0.5, 0.6) is 0 Å². The van der Waals surface area contributed by atoms with Crippen molar-refractivity contribution in [1.82, 2.24) is 10.2 Å². The third-order valence-electron chi connectivity index (χ3n) is 5.25. The van der Waals surface area contributed by atoms with Crippen LogP contribution in [-0.4, -0.2) is 114 Å². The van der Waals surface area contributed by atoms with Gasteiger partial charge in [-0.05, 0) is 32.9 Å². The van der Waals surface area contributed by atoms with E-state index in [-0.39, 0.29) is 16.5 Å². The number of aryl methyl sites for hydroxylation is 1. The topological polar surface area (TPSA) is 117 Å². The molecule has 11 heteroatoms. The monoisotopic (exact) mass is 503 g/mol. The third-order valence-corrected chi connectivity index (χ3v) is 6.10. The Hall–Kier alpha value is -1.76. The van der Waals surface area contributed by atoms with Gasteiger partial charge in [0.2, 0.25) is 0 Å². The van der Waals surface area contributed by atoms with Crippen LogP contribution < -0.4 is 5.32 Å². The summed E-state index contributed by atoms with van der Waals surface area (Å²) in [4.78, 5) is 13.6. The number of quaternary nitrogens is 1. The summed E-state index contributed by atoms with van der Waals surface area (Å²) in [6, 6.07) is 5.82. The van der Waals surface area contributed by atoms with Gasteiger partial charge >= 0.3 is 6.03 Å². The Morgan fingerprint density at radius 2 is 1.59 bits per heavy atom. The smallest absolute Gasteiger partial charge is 0.318 e. The third kappa shape index (κ3) is 12.6. The molecule has 1 saturated heterocycles. The molecule has 0 aromatic heterocycles. The predicted octanol–water partition coefficient (Wildman–Crippen LogP) is 1.45. The second kappa shape index (κ2) is 14.0. The van der Waals surface area contributed by atoms with E-state index in [2.05, 4.69) is 19.4 Å². The molecule has 10 nitrogen and oxygen atoms in total. The van der Waals surface area contributed by atoms with E-state index in [1.165, 1.54) is 12.1 Å². The summed E-state index contributed by atoms with van der Waals surface area (Å²) in [5.41, 5.74) is 0.803. The average Bonchev–Trinajstić information content (AvgIpc) is 3.00. The number of amides is 2. The molecule has 0 saturated carbocycles. The van der Waals surface area contributed by atoms with Crippen LogP contribution in [0.3, 0.4) is 0 Å². The van der Waals surface area contributed by atoms with E-state index in [4.69, 9.17) is 14.2 Å². The maximum Gasteiger partial charge on any atom is 0.318 e. The summed E-state index contributed by atoms with van der Waals surface area (Å²) in [5, 5.41) is 2.99. The van der Waals surface area contributed by atoms with Crippen molar-refractivity contribution >= 4 is 16.1 Å².